The smallest absolute Gasteiger partial charge is 0.252 e. The summed E-state index contributed by atoms with van der Waals surface area (Å²) >= 11 is 0. The van der Waals surface area contributed by atoms with Gasteiger partial charge in [0, 0.05) is 34.1 Å². The molecule has 5 aromatic carbocycles. The minimum Gasteiger partial charge on any atom is -0.311 e. The molecule has 2 bridgehead atoms. The van der Waals surface area contributed by atoms with Crippen molar-refractivity contribution in [3.05, 3.63) is 125 Å². The van der Waals surface area contributed by atoms with E-state index in [2.05, 4.69) is 0 Å². The number of nitrogens with zero attached hydrogens (tertiary/aromatic N) is 2. The van der Waals surface area contributed by atoms with E-state index in [9.17, 15) is 19.2 Å². The molecule has 2 nitrogen and oxygen atoms in total. The summed E-state index contributed by atoms with van der Waals surface area (Å²) in [4.78, 5) is 3.07. The van der Waals surface area contributed by atoms with Gasteiger partial charge in [-0.1, -0.05) is 131 Å². The Hall–Kier alpha value is -4.24. The van der Waals surface area contributed by atoms with Crippen molar-refractivity contribution in [2.45, 2.75) is 149 Å². The number of rotatable bonds is 3. The van der Waals surface area contributed by atoms with Crippen LogP contribution in [0.4, 0.5) is 34.1 Å². The second-order valence-corrected chi connectivity index (χ2v) is 21.3. The van der Waals surface area contributed by atoms with Gasteiger partial charge in [-0.3, -0.25) is 0 Å². The zero-order chi connectivity index (χ0) is 52.6. The summed E-state index contributed by atoms with van der Waals surface area (Å²) < 4.78 is 138. The van der Waals surface area contributed by atoms with Crippen LogP contribution in [0, 0.1) is 5.92 Å². The molecule has 0 spiro atoms. The summed E-state index contributed by atoms with van der Waals surface area (Å²) in [5, 5.41) is 0. The molecule has 0 atom stereocenters. The van der Waals surface area contributed by atoms with Crippen molar-refractivity contribution in [1.29, 1.82) is 0 Å². The van der Waals surface area contributed by atoms with Gasteiger partial charge in [0.05, 0.1) is 19.2 Å². The van der Waals surface area contributed by atoms with E-state index in [0.29, 0.717) is 22.8 Å². The van der Waals surface area contributed by atoms with Gasteiger partial charge in [0.25, 0.3) is 6.71 Å². The first kappa shape index (κ1) is 25.3. The van der Waals surface area contributed by atoms with Crippen LogP contribution in [0.25, 0.3) is 0 Å². The minimum absolute atomic E-state index is 0.0147. The van der Waals surface area contributed by atoms with E-state index in [1.165, 1.54) is 9.80 Å². The molecule has 0 N–H and O–H groups in total. The lowest BCUT2D eigenvalue weighted by Crippen LogP contribution is -2.62. The minimum atomic E-state index is -1.17. The average molecular weight is 767 g/mol. The predicted molar refractivity (Wildman–Crippen MR) is 248 cm³/mol. The van der Waals surface area contributed by atoms with Crippen LogP contribution in [0.2, 0.25) is 0 Å². The van der Waals surface area contributed by atoms with Crippen LogP contribution in [0.5, 0.6) is 0 Å². The number of anilines is 6. The Bertz CT molecular complexity index is 2900. The maximum absolute atomic E-state index is 10.4. The Labute approximate surface area is 364 Å². The van der Waals surface area contributed by atoms with E-state index < -0.39 is 33.8 Å². The average Bonchev–Trinajstić information content (AvgIpc) is 3.25. The molecule has 5 aliphatic rings. The third kappa shape index (κ3) is 6.38. The third-order valence-corrected chi connectivity index (χ3v) is 12.9. The molecule has 0 saturated heterocycles. The van der Waals surface area contributed by atoms with Crippen LogP contribution in [0.1, 0.15) is 169 Å². The number of hydrogen-bond donors (Lipinski definition) is 0. The quantitative estimate of drug-likeness (QED) is 0.165. The van der Waals surface area contributed by atoms with Crippen LogP contribution >= 0.6 is 0 Å². The molecular weight excluding hydrogens is 687 g/mol. The third-order valence-electron chi connectivity index (χ3n) is 12.9. The second kappa shape index (κ2) is 12.9. The summed E-state index contributed by atoms with van der Waals surface area (Å²) in [5.74, 6) is 0.569. The molecule has 2 aliphatic heterocycles. The van der Waals surface area contributed by atoms with Crippen molar-refractivity contribution >= 4 is 57.2 Å². The van der Waals surface area contributed by atoms with Gasteiger partial charge in [-0.2, -0.15) is 0 Å². The summed E-state index contributed by atoms with van der Waals surface area (Å²) in [6.45, 7) is 20.9. The van der Waals surface area contributed by atoms with Crippen LogP contribution in [-0.2, 0) is 27.1 Å². The van der Waals surface area contributed by atoms with Gasteiger partial charge in [-0.05, 0) is 164 Å². The number of hydrogen-bond acceptors (Lipinski definition) is 2. The van der Waals surface area contributed by atoms with Gasteiger partial charge in [-0.15, -0.1) is 0 Å². The Kier molecular flexibility index (Phi) is 5.72. The summed E-state index contributed by atoms with van der Waals surface area (Å²) in [5.41, 5.74) is -1.20. The van der Waals surface area contributed by atoms with Gasteiger partial charge >= 0.3 is 0 Å². The van der Waals surface area contributed by atoms with Gasteiger partial charge in [0.15, 0.2) is 0 Å². The summed E-state index contributed by atoms with van der Waals surface area (Å²) in [6.07, 6.45) is 5.40. The first-order valence-corrected chi connectivity index (χ1v) is 20.9. The van der Waals surface area contributed by atoms with Crippen molar-refractivity contribution in [3.63, 3.8) is 0 Å². The Morgan fingerprint density at radius 3 is 1.19 bits per heavy atom. The molecule has 10 rings (SSSR count). The first-order valence-electron chi connectivity index (χ1n) is 27.9. The first-order chi connectivity index (χ1) is 32.6. The lowest BCUT2D eigenvalue weighted by Gasteiger charge is -2.49. The lowest BCUT2D eigenvalue weighted by molar-refractivity contribution is 0.136. The molecule has 3 fully saturated rings. The zero-order valence-electron chi connectivity index (χ0n) is 49.9. The molecular formula is C54H65BN2. The maximum Gasteiger partial charge on any atom is 0.252 e. The van der Waals surface area contributed by atoms with Crippen LogP contribution in [0.3, 0.4) is 0 Å². The molecule has 3 saturated carbocycles. The molecule has 3 heteroatoms. The Morgan fingerprint density at radius 2 is 0.842 bits per heavy atom. The van der Waals surface area contributed by atoms with E-state index in [1.54, 1.807) is 0 Å². The SMILES string of the molecule is [2H]c1c([2H])c(C(C)(C)C)c([2H])c([2H])c1N1c2cc(C34CCC(CC3)CC4)cc3c2B(c2c([2H])c(C(C)(C)C)c([2H])c([2H])c21)c1c([2H])c(C(C)(C)C)c([2H])c([2H])c1N3c1c([2H])c([2H])c(C(C)(C)C)c([2H])c1[2H]. The topological polar surface area (TPSA) is 6.48 Å². The van der Waals surface area contributed by atoms with Gasteiger partial charge < -0.3 is 9.80 Å². The molecule has 0 amide bonds. The highest BCUT2D eigenvalue weighted by molar-refractivity contribution is 7.00. The van der Waals surface area contributed by atoms with Gasteiger partial charge in [0.1, 0.15) is 0 Å². The molecule has 294 valence electrons. The van der Waals surface area contributed by atoms with Gasteiger partial charge in [0.2, 0.25) is 0 Å². The number of benzene rings is 5. The van der Waals surface area contributed by atoms with Crippen molar-refractivity contribution in [1.82, 2.24) is 0 Å². The van der Waals surface area contributed by atoms with E-state index in [-0.39, 0.29) is 141 Å². The van der Waals surface area contributed by atoms with Crippen molar-refractivity contribution < 1.29 is 19.2 Å². The molecule has 0 radical (unpaired) electrons. The van der Waals surface area contributed by atoms with Crippen molar-refractivity contribution in [2.24, 2.45) is 5.92 Å². The van der Waals surface area contributed by atoms with E-state index in [4.69, 9.17) is 0 Å². The zero-order valence-corrected chi connectivity index (χ0v) is 35.9. The summed E-state index contributed by atoms with van der Waals surface area (Å²) in [6, 6.07) is -0.0794. The van der Waals surface area contributed by atoms with Crippen molar-refractivity contribution in [2.75, 3.05) is 9.80 Å². The predicted octanol–water partition coefficient (Wildman–Crippen LogP) is 13.2. The van der Waals surface area contributed by atoms with Crippen molar-refractivity contribution in [3.8, 4) is 0 Å². The van der Waals surface area contributed by atoms with Gasteiger partial charge in [-0.25, -0.2) is 0 Å². The normalized spacial score (nSPS) is 23.8. The van der Waals surface area contributed by atoms with Crippen LogP contribution < -0.4 is 26.2 Å². The highest BCUT2D eigenvalue weighted by atomic mass is 15.2. The fraction of sp³-hybridized carbons (Fsp3) is 0.444. The molecule has 3 aliphatic carbocycles. The standard InChI is InChI=1S/C54H65BN2/c1-50(2,3)36-13-19-41(20-14-36)56-45-23-17-38(52(7,8)9)31-43(45)55-44-32-39(53(10,11)12)18-24-46(44)57(42-21-15-37(16-22-42)51(4,5)6)48-34-40(33-47(56)49(48)55)54-28-25-35(26-29-54)27-30-54/h13-24,31-35H,25-30H2,1-12H3/i13D,14D,15D,16D,17D,18D,19D,20D,21D,22D,23D,24D,31D,32D. The molecule has 0 unspecified atom stereocenters. The second-order valence-electron chi connectivity index (χ2n) is 21.3. The summed E-state index contributed by atoms with van der Waals surface area (Å²) in [7, 11) is 0. The maximum atomic E-state index is 10.4. The van der Waals surface area contributed by atoms with Crippen LogP contribution in [-0.4, -0.2) is 6.71 Å². The number of fused-ring (bicyclic) bond motifs is 7. The molecule has 0 aromatic heterocycles. The van der Waals surface area contributed by atoms with E-state index in [1.807, 2.05) is 95.2 Å². The van der Waals surface area contributed by atoms with E-state index in [0.717, 1.165) is 44.1 Å². The highest BCUT2D eigenvalue weighted by Gasteiger charge is 2.47. The molecule has 2 heterocycles. The lowest BCUT2D eigenvalue weighted by atomic mass is 9.33. The molecule has 5 aromatic rings. The Morgan fingerprint density at radius 1 is 0.491 bits per heavy atom. The fourth-order valence-corrected chi connectivity index (χ4v) is 9.35. The van der Waals surface area contributed by atoms with E-state index >= 15 is 0 Å². The van der Waals surface area contributed by atoms with Crippen LogP contribution in [0.15, 0.2) is 96.7 Å². The molecule has 57 heavy (non-hydrogen) atoms. The highest BCUT2D eigenvalue weighted by Crippen LogP contribution is 2.55. The Balaban J connectivity index is 1.59. The largest absolute Gasteiger partial charge is 0.311 e. The fourth-order valence-electron chi connectivity index (χ4n) is 9.35. The monoisotopic (exact) mass is 767 g/mol.